The predicted molar refractivity (Wildman–Crippen MR) is 114 cm³/mol. The number of fused-ring (bicyclic) bond motifs is 3. The number of carboxylic acids is 1. The second-order valence-corrected chi connectivity index (χ2v) is 7.98. The molecule has 144 valence electrons. The molecule has 0 fully saturated rings. The summed E-state index contributed by atoms with van der Waals surface area (Å²) in [6.07, 6.45) is 4.74. The average molecular weight is 373 g/mol. The van der Waals surface area contributed by atoms with E-state index < -0.39 is 11.9 Å². The fourth-order valence-electron chi connectivity index (χ4n) is 4.71. The first-order valence-corrected chi connectivity index (χ1v) is 10.3. The highest BCUT2D eigenvalue weighted by Gasteiger charge is 2.29. The van der Waals surface area contributed by atoms with Crippen LogP contribution in [0.25, 0.3) is 22.0 Å². The van der Waals surface area contributed by atoms with E-state index in [1.165, 1.54) is 22.1 Å². The molecule has 1 atom stereocenters. The Morgan fingerprint density at radius 1 is 1.11 bits per heavy atom. The number of aliphatic carboxylic acids is 1. The molecular weight excluding hydrogens is 346 g/mol. The van der Waals surface area contributed by atoms with Gasteiger partial charge in [-0.2, -0.15) is 0 Å². The fraction of sp³-hybridized carbons (Fsp3) is 0.360. The van der Waals surface area contributed by atoms with E-state index in [1.807, 2.05) is 13.8 Å². The Morgan fingerprint density at radius 2 is 1.86 bits per heavy atom. The molecule has 0 aliphatic heterocycles. The smallest absolute Gasteiger partial charge is 0.311 e. The third kappa shape index (κ3) is 3.09. The first-order chi connectivity index (χ1) is 13.5. The van der Waals surface area contributed by atoms with Gasteiger partial charge in [0.2, 0.25) is 0 Å². The molecule has 0 spiro atoms. The molecule has 1 aliphatic carbocycles. The number of aromatic nitrogens is 1. The summed E-state index contributed by atoms with van der Waals surface area (Å²) in [5.41, 5.74) is 8.85. The molecule has 4 rings (SSSR count). The minimum atomic E-state index is -0.757. The molecule has 3 heteroatoms. The van der Waals surface area contributed by atoms with Crippen LogP contribution >= 0.6 is 0 Å². The molecule has 3 nitrogen and oxygen atoms in total. The van der Waals surface area contributed by atoms with Gasteiger partial charge in [-0.25, -0.2) is 0 Å². The quantitative estimate of drug-likeness (QED) is 0.599. The zero-order valence-electron chi connectivity index (χ0n) is 16.9. The zero-order valence-corrected chi connectivity index (χ0v) is 16.9. The molecule has 28 heavy (non-hydrogen) atoms. The number of pyridine rings is 1. The molecule has 1 heterocycles. The summed E-state index contributed by atoms with van der Waals surface area (Å²) in [6, 6.07) is 12.8. The lowest BCUT2D eigenvalue weighted by molar-refractivity contribution is -0.139. The van der Waals surface area contributed by atoms with Crippen molar-refractivity contribution in [3.05, 3.63) is 64.3 Å². The normalized spacial score (nSPS) is 14.2. The van der Waals surface area contributed by atoms with E-state index in [4.69, 9.17) is 4.98 Å². The minimum Gasteiger partial charge on any atom is -0.481 e. The van der Waals surface area contributed by atoms with Crippen LogP contribution in [-0.2, 0) is 17.6 Å². The molecular formula is C25H27NO2. The third-order valence-corrected chi connectivity index (χ3v) is 6.02. The molecule has 3 aromatic rings. The highest BCUT2D eigenvalue weighted by Crippen LogP contribution is 2.42. The van der Waals surface area contributed by atoms with Crippen LogP contribution in [0, 0.1) is 13.8 Å². The molecule has 2 aromatic carbocycles. The molecule has 0 saturated heterocycles. The van der Waals surface area contributed by atoms with Gasteiger partial charge in [0, 0.05) is 11.1 Å². The number of rotatable bonds is 5. The summed E-state index contributed by atoms with van der Waals surface area (Å²) in [7, 11) is 0. The Balaban J connectivity index is 2.13. The number of hydrogen-bond acceptors (Lipinski definition) is 2. The van der Waals surface area contributed by atoms with Crippen molar-refractivity contribution in [3.8, 4) is 11.1 Å². The van der Waals surface area contributed by atoms with E-state index in [0.717, 1.165) is 53.6 Å². The van der Waals surface area contributed by atoms with Crippen molar-refractivity contribution in [2.45, 2.75) is 58.8 Å². The van der Waals surface area contributed by atoms with E-state index in [1.54, 1.807) is 0 Å². The molecule has 1 aromatic heterocycles. The van der Waals surface area contributed by atoms with Crippen molar-refractivity contribution in [1.82, 2.24) is 4.98 Å². The van der Waals surface area contributed by atoms with Gasteiger partial charge in [-0.1, -0.05) is 49.2 Å². The highest BCUT2D eigenvalue weighted by atomic mass is 16.4. The van der Waals surface area contributed by atoms with Gasteiger partial charge in [-0.3, -0.25) is 9.78 Å². The average Bonchev–Trinajstić information content (AvgIpc) is 3.15. The number of carbonyl (C=O) groups is 1. The van der Waals surface area contributed by atoms with Crippen LogP contribution in [0.4, 0.5) is 0 Å². The molecule has 0 amide bonds. The van der Waals surface area contributed by atoms with Crippen LogP contribution in [0.15, 0.2) is 36.4 Å². The topological polar surface area (TPSA) is 50.2 Å². The van der Waals surface area contributed by atoms with Crippen molar-refractivity contribution in [1.29, 1.82) is 0 Å². The molecule has 0 saturated carbocycles. The second kappa shape index (κ2) is 7.38. The van der Waals surface area contributed by atoms with Crippen LogP contribution in [0.2, 0.25) is 0 Å². The van der Waals surface area contributed by atoms with Gasteiger partial charge in [0.05, 0.1) is 11.4 Å². The predicted octanol–water partition coefficient (Wildman–Crippen LogP) is 5.98. The van der Waals surface area contributed by atoms with Gasteiger partial charge in [-0.05, 0) is 73.4 Å². The van der Waals surface area contributed by atoms with Crippen molar-refractivity contribution in [3.63, 3.8) is 0 Å². The Labute approximate surface area is 166 Å². The lowest BCUT2D eigenvalue weighted by Gasteiger charge is -2.22. The number of nitrogens with zero attached hydrogens (tertiary/aromatic N) is 1. The summed E-state index contributed by atoms with van der Waals surface area (Å²) >= 11 is 0. The van der Waals surface area contributed by atoms with Gasteiger partial charge in [0.15, 0.2) is 0 Å². The summed E-state index contributed by atoms with van der Waals surface area (Å²) in [5, 5.41) is 11.2. The summed E-state index contributed by atoms with van der Waals surface area (Å²) in [4.78, 5) is 17.1. The van der Waals surface area contributed by atoms with Crippen LogP contribution in [0.1, 0.15) is 60.1 Å². The molecule has 0 bridgehead atoms. The van der Waals surface area contributed by atoms with E-state index in [0.29, 0.717) is 6.42 Å². The maximum atomic E-state index is 12.2. The third-order valence-electron chi connectivity index (χ3n) is 6.02. The van der Waals surface area contributed by atoms with Crippen molar-refractivity contribution in [2.75, 3.05) is 0 Å². The Hall–Kier alpha value is -2.68. The largest absolute Gasteiger partial charge is 0.481 e. The Bertz CT molecular complexity index is 1050. The van der Waals surface area contributed by atoms with Crippen molar-refractivity contribution < 1.29 is 9.90 Å². The first-order valence-electron chi connectivity index (χ1n) is 10.3. The van der Waals surface area contributed by atoms with Gasteiger partial charge in [0.1, 0.15) is 0 Å². The van der Waals surface area contributed by atoms with Crippen molar-refractivity contribution >= 4 is 16.9 Å². The van der Waals surface area contributed by atoms with Crippen LogP contribution in [0.5, 0.6) is 0 Å². The fourth-order valence-corrected chi connectivity index (χ4v) is 4.71. The Morgan fingerprint density at radius 3 is 2.54 bits per heavy atom. The second-order valence-electron chi connectivity index (χ2n) is 7.98. The summed E-state index contributed by atoms with van der Waals surface area (Å²) in [5.74, 6) is -1.29. The van der Waals surface area contributed by atoms with E-state index in [-0.39, 0.29) is 0 Å². The minimum absolute atomic E-state index is 0.532. The SMILES string of the molecule is CCCC(C(=O)O)c1c(C)nc2ccc3c(c2c1-c1ccc(C)cc1)CCC3. The van der Waals surface area contributed by atoms with Crippen molar-refractivity contribution in [2.24, 2.45) is 0 Å². The van der Waals surface area contributed by atoms with Gasteiger partial charge >= 0.3 is 5.97 Å². The first kappa shape index (κ1) is 18.7. The van der Waals surface area contributed by atoms with Crippen LogP contribution in [0.3, 0.4) is 0 Å². The maximum absolute atomic E-state index is 12.2. The van der Waals surface area contributed by atoms with Gasteiger partial charge < -0.3 is 5.11 Å². The van der Waals surface area contributed by atoms with Gasteiger partial charge in [0.25, 0.3) is 0 Å². The van der Waals surface area contributed by atoms with E-state index in [2.05, 4.69) is 43.3 Å². The number of carboxylic acid groups (broad SMARTS) is 1. The standard InChI is InChI=1S/C25H27NO2/c1-4-6-20(25(27)28)22-16(3)26-21-14-13-17-7-5-8-19(17)24(21)23(22)18-11-9-15(2)10-12-18/h9-14,20H,4-8H2,1-3H3,(H,27,28). The monoisotopic (exact) mass is 373 g/mol. The molecule has 1 aliphatic rings. The lowest BCUT2D eigenvalue weighted by atomic mass is 9.83. The van der Waals surface area contributed by atoms with E-state index in [9.17, 15) is 9.90 Å². The summed E-state index contributed by atoms with van der Waals surface area (Å²) in [6.45, 7) is 6.09. The number of benzene rings is 2. The molecule has 1 N–H and O–H groups in total. The van der Waals surface area contributed by atoms with Gasteiger partial charge in [-0.15, -0.1) is 0 Å². The highest BCUT2D eigenvalue weighted by molar-refractivity contribution is 6.01. The lowest BCUT2D eigenvalue weighted by Crippen LogP contribution is -2.15. The van der Waals surface area contributed by atoms with E-state index >= 15 is 0 Å². The number of aryl methyl sites for hydroxylation is 4. The summed E-state index contributed by atoms with van der Waals surface area (Å²) < 4.78 is 0. The van der Waals surface area contributed by atoms with Crippen LogP contribution in [-0.4, -0.2) is 16.1 Å². The maximum Gasteiger partial charge on any atom is 0.311 e. The molecule has 0 radical (unpaired) electrons. The Kier molecular flexibility index (Phi) is 4.92. The zero-order chi connectivity index (χ0) is 19.8. The number of hydrogen-bond donors (Lipinski definition) is 1. The molecule has 1 unspecified atom stereocenters. The van der Waals surface area contributed by atoms with Crippen LogP contribution < -0.4 is 0 Å².